The van der Waals surface area contributed by atoms with Crippen LogP contribution in [0.2, 0.25) is 5.02 Å². The van der Waals surface area contributed by atoms with Crippen molar-refractivity contribution < 1.29 is 32.7 Å². The molecule has 8 rings (SSSR count). The first-order valence-electron chi connectivity index (χ1n) is 21.1. The summed E-state index contributed by atoms with van der Waals surface area (Å²) in [6.45, 7) is 8.38. The molecule has 326 valence electrons. The Morgan fingerprint density at radius 3 is 2.53 bits per heavy atom. The Bertz CT molecular complexity index is 2600. The number of ether oxygens (including phenoxy) is 2. The maximum Gasteiger partial charge on any atom is 0.312 e. The Balaban J connectivity index is 1.03. The van der Waals surface area contributed by atoms with E-state index in [0.29, 0.717) is 48.0 Å². The molecule has 0 spiro atoms. The van der Waals surface area contributed by atoms with Crippen LogP contribution in [0.3, 0.4) is 0 Å². The van der Waals surface area contributed by atoms with Crippen molar-refractivity contribution in [2.75, 3.05) is 44.2 Å². The first-order valence-corrected chi connectivity index (χ1v) is 22.9. The highest BCUT2D eigenvalue weighted by Crippen LogP contribution is 2.44. The monoisotopic (exact) mass is 882 g/mol. The number of rotatable bonds is 13. The number of halogens is 1. The number of nitrogens with zero attached hydrogens (tertiary/aromatic N) is 4. The minimum atomic E-state index is -4.62. The number of benzene rings is 3. The average Bonchev–Trinajstić information content (AvgIpc) is 3.73. The number of anilines is 1. The lowest BCUT2D eigenvalue weighted by atomic mass is 9.72. The number of carbonyl (C=O) groups excluding carboxylic acids is 1. The number of allylic oxidation sites excluding steroid dienone is 1. The fourth-order valence-electron chi connectivity index (χ4n) is 8.72. The van der Waals surface area contributed by atoms with Gasteiger partial charge < -0.3 is 24.5 Å². The molecule has 1 amide bonds. The second-order valence-electron chi connectivity index (χ2n) is 17.3. The van der Waals surface area contributed by atoms with Crippen LogP contribution >= 0.6 is 11.6 Å². The number of hydrogen-bond acceptors (Lipinski definition) is 11. The molecule has 2 aromatic heterocycles. The molecule has 5 aromatic rings. The van der Waals surface area contributed by atoms with Gasteiger partial charge in [0.1, 0.15) is 11.4 Å². The fourth-order valence-corrected chi connectivity index (χ4v) is 9.83. The highest BCUT2D eigenvalue weighted by Gasteiger charge is 2.32. The predicted molar refractivity (Wildman–Crippen MR) is 238 cm³/mol. The van der Waals surface area contributed by atoms with Crippen LogP contribution in [-0.2, 0) is 10.0 Å². The van der Waals surface area contributed by atoms with E-state index in [4.69, 9.17) is 21.1 Å². The Morgan fingerprint density at radius 1 is 1.03 bits per heavy atom. The Hall–Kier alpha value is -5.48. The molecule has 3 aromatic carbocycles. The van der Waals surface area contributed by atoms with Crippen LogP contribution in [-0.4, -0.2) is 84.7 Å². The van der Waals surface area contributed by atoms with Crippen molar-refractivity contribution in [1.29, 1.82) is 0 Å². The van der Waals surface area contributed by atoms with E-state index in [1.54, 1.807) is 18.3 Å². The van der Waals surface area contributed by atoms with Crippen LogP contribution in [0.5, 0.6) is 17.2 Å². The molecule has 16 heteroatoms. The van der Waals surface area contributed by atoms with Crippen LogP contribution < -0.4 is 19.1 Å². The van der Waals surface area contributed by atoms with E-state index in [9.17, 15) is 28.4 Å². The third-order valence-electron chi connectivity index (χ3n) is 12.3. The van der Waals surface area contributed by atoms with E-state index in [0.717, 1.165) is 63.2 Å². The van der Waals surface area contributed by atoms with Crippen molar-refractivity contribution in [3.05, 3.63) is 117 Å². The van der Waals surface area contributed by atoms with Gasteiger partial charge in [0, 0.05) is 55.4 Å². The molecule has 1 saturated heterocycles. The summed E-state index contributed by atoms with van der Waals surface area (Å²) in [5, 5.41) is 23.4. The Kier molecular flexibility index (Phi) is 12.6. The summed E-state index contributed by atoms with van der Waals surface area (Å²) in [7, 11) is -4.62. The van der Waals surface area contributed by atoms with Crippen LogP contribution in [0.4, 0.5) is 11.4 Å². The smallest absolute Gasteiger partial charge is 0.312 e. The molecule has 62 heavy (non-hydrogen) atoms. The molecule has 0 bridgehead atoms. The zero-order valence-corrected chi connectivity index (χ0v) is 36.4. The van der Waals surface area contributed by atoms with E-state index < -0.39 is 31.4 Å². The number of amides is 1. The number of sulfonamides is 1. The normalized spacial score (nSPS) is 19.6. The van der Waals surface area contributed by atoms with Crippen LogP contribution in [0.25, 0.3) is 16.6 Å². The van der Waals surface area contributed by atoms with E-state index in [1.807, 2.05) is 24.3 Å². The second kappa shape index (κ2) is 18.1. The number of hydrogen-bond donors (Lipinski definition) is 3. The minimum Gasteiger partial charge on any atom is -0.487 e. The molecule has 3 N–H and O–H groups in total. The summed E-state index contributed by atoms with van der Waals surface area (Å²) >= 11 is 6.25. The van der Waals surface area contributed by atoms with Crippen molar-refractivity contribution in [1.82, 2.24) is 19.6 Å². The largest absolute Gasteiger partial charge is 0.487 e. The van der Waals surface area contributed by atoms with Crippen molar-refractivity contribution in [3.8, 4) is 17.2 Å². The van der Waals surface area contributed by atoms with Gasteiger partial charge in [0.15, 0.2) is 11.5 Å². The number of para-hydroxylation sites is 1. The third kappa shape index (κ3) is 9.91. The van der Waals surface area contributed by atoms with Crippen LogP contribution in [0.15, 0.2) is 95.7 Å². The zero-order valence-electron chi connectivity index (χ0n) is 34.8. The topological polar surface area (TPSA) is 180 Å². The van der Waals surface area contributed by atoms with Crippen molar-refractivity contribution >= 4 is 55.5 Å². The number of aliphatic hydroxyl groups excluding tert-OH is 1. The van der Waals surface area contributed by atoms with Gasteiger partial charge in [0.25, 0.3) is 15.9 Å². The molecule has 14 nitrogen and oxygen atoms in total. The first kappa shape index (κ1) is 43.2. The average molecular weight is 883 g/mol. The number of nitro groups is 1. The Morgan fingerprint density at radius 2 is 1.79 bits per heavy atom. The number of nitrogens with one attached hydrogen (secondary N) is 2. The van der Waals surface area contributed by atoms with E-state index in [2.05, 4.69) is 50.5 Å². The standard InChI is InChI=1S/C46H51ClN6O8S/c1-46(2)18-16-33(39(26-46)31-8-10-34(47)11-9-31)28-51-20-22-52(23-21-51)40-5-3-4-38(43(40)61-36-24-32-17-19-48-44(32)49-27-36)45(55)50-62(58,59)37-14-15-42(41(25-37)53(56)57)60-29-30-6-12-35(54)13-7-30/h3-5,8-11,14-15,17,19,24-25,27,30,35,54H,6-7,12-13,16,18,20-23,26,28-29H2,1-2H3,(H,48,49)(H,50,55)/t30-,35-. The van der Waals surface area contributed by atoms with Gasteiger partial charge in [-0.1, -0.05) is 49.2 Å². The second-order valence-corrected chi connectivity index (χ2v) is 19.5. The van der Waals surface area contributed by atoms with Gasteiger partial charge in [0.2, 0.25) is 0 Å². The summed E-state index contributed by atoms with van der Waals surface area (Å²) in [6.07, 6.45) is 8.74. The number of piperazine rings is 1. The summed E-state index contributed by atoms with van der Waals surface area (Å²) in [4.78, 5) is 37.1. The molecule has 0 atom stereocenters. The van der Waals surface area contributed by atoms with Gasteiger partial charge in [0.05, 0.1) is 40.0 Å². The van der Waals surface area contributed by atoms with E-state index >= 15 is 0 Å². The van der Waals surface area contributed by atoms with Gasteiger partial charge in [-0.05, 0) is 116 Å². The van der Waals surface area contributed by atoms with Gasteiger partial charge in [-0.15, -0.1) is 0 Å². The molecule has 3 aliphatic rings. The zero-order chi connectivity index (χ0) is 43.6. The molecule has 2 fully saturated rings. The number of aromatic nitrogens is 2. The molecule has 1 saturated carbocycles. The van der Waals surface area contributed by atoms with Crippen molar-refractivity contribution in [2.24, 2.45) is 11.3 Å². The number of aliphatic hydroxyl groups is 1. The van der Waals surface area contributed by atoms with Gasteiger partial charge >= 0.3 is 5.69 Å². The maximum absolute atomic E-state index is 14.1. The summed E-state index contributed by atoms with van der Waals surface area (Å²) in [5.74, 6) is -0.446. The van der Waals surface area contributed by atoms with Gasteiger partial charge in [-0.25, -0.2) is 18.1 Å². The van der Waals surface area contributed by atoms with E-state index in [1.165, 1.54) is 41.1 Å². The predicted octanol–water partition coefficient (Wildman–Crippen LogP) is 8.75. The van der Waals surface area contributed by atoms with Crippen molar-refractivity contribution in [3.63, 3.8) is 0 Å². The lowest BCUT2D eigenvalue weighted by Crippen LogP contribution is -2.47. The summed E-state index contributed by atoms with van der Waals surface area (Å²) < 4.78 is 42.0. The van der Waals surface area contributed by atoms with Crippen LogP contribution in [0, 0.1) is 21.4 Å². The number of nitro benzene ring substituents is 1. The quantitative estimate of drug-likeness (QED) is 0.0760. The molecule has 1 aliphatic heterocycles. The highest BCUT2D eigenvalue weighted by molar-refractivity contribution is 7.90. The summed E-state index contributed by atoms with van der Waals surface area (Å²) in [5.41, 5.74) is 4.90. The van der Waals surface area contributed by atoms with E-state index in [-0.39, 0.29) is 41.1 Å². The molecular weight excluding hydrogens is 832 g/mol. The molecule has 2 aliphatic carbocycles. The first-order chi connectivity index (χ1) is 29.7. The number of H-pyrrole nitrogens is 1. The molecule has 0 radical (unpaired) electrons. The SMILES string of the molecule is CC1(C)CCC(CN2CCN(c3cccc(C(=O)NS(=O)(=O)c4ccc(OC[C@H]5CC[C@H](O)CC5)c([N+](=O)[O-])c4)c3Oc3cnc4[nH]ccc4c3)CC2)=C(c2ccc(Cl)cc2)C1. The van der Waals surface area contributed by atoms with Gasteiger partial charge in [-0.2, -0.15) is 0 Å². The molecule has 3 heterocycles. The number of carbonyl (C=O) groups is 1. The fraction of sp³-hybridized carbons (Fsp3) is 0.391. The molecular formula is C46H51ClN6O8S. The Labute approximate surface area is 366 Å². The highest BCUT2D eigenvalue weighted by atomic mass is 35.5. The molecule has 0 unspecified atom stereocenters. The summed E-state index contributed by atoms with van der Waals surface area (Å²) in [6, 6.07) is 20.1. The number of pyridine rings is 1. The minimum absolute atomic E-state index is 0.0442. The van der Waals surface area contributed by atoms with Crippen LogP contribution in [0.1, 0.15) is 74.7 Å². The number of aromatic amines is 1. The van der Waals surface area contributed by atoms with Gasteiger partial charge in [-0.3, -0.25) is 19.8 Å². The number of fused-ring (bicyclic) bond motifs is 1. The lowest BCUT2D eigenvalue weighted by Gasteiger charge is -2.39. The van der Waals surface area contributed by atoms with Crippen molar-refractivity contribution in [2.45, 2.75) is 69.8 Å². The third-order valence-corrected chi connectivity index (χ3v) is 13.9. The lowest BCUT2D eigenvalue weighted by molar-refractivity contribution is -0.386. The maximum atomic E-state index is 14.1.